The van der Waals surface area contributed by atoms with Crippen molar-refractivity contribution in [3.63, 3.8) is 0 Å². The second-order valence-electron chi connectivity index (χ2n) is 3.93. The summed E-state index contributed by atoms with van der Waals surface area (Å²) < 4.78 is 0. The third-order valence-electron chi connectivity index (χ3n) is 3.11. The molecule has 0 N–H and O–H groups in total. The standard InChI is InChI=1S/C11H16N2/c1-2-5-10-6-3-4-7-11(10,8-12)9-13/h10H,2-7H2,1H3. The number of nitrogens with zero attached hydrogens (tertiary/aromatic N) is 2. The number of hydrogen-bond acceptors (Lipinski definition) is 2. The fourth-order valence-corrected chi connectivity index (χ4v) is 2.30. The Morgan fingerprint density at radius 2 is 2.00 bits per heavy atom. The topological polar surface area (TPSA) is 47.6 Å². The van der Waals surface area contributed by atoms with Crippen molar-refractivity contribution < 1.29 is 0 Å². The maximum Gasteiger partial charge on any atom is 0.146 e. The Bertz CT molecular complexity index is 228. The van der Waals surface area contributed by atoms with Gasteiger partial charge in [0.25, 0.3) is 0 Å². The molecule has 0 amide bonds. The molecule has 0 bridgehead atoms. The molecule has 0 saturated heterocycles. The molecule has 0 aromatic rings. The zero-order valence-electron chi connectivity index (χ0n) is 8.21. The van der Waals surface area contributed by atoms with E-state index in [1.165, 1.54) is 6.42 Å². The van der Waals surface area contributed by atoms with Crippen LogP contribution in [0.15, 0.2) is 0 Å². The average Bonchev–Trinajstić information content (AvgIpc) is 2.20. The minimum absolute atomic E-state index is 0.321. The Morgan fingerprint density at radius 1 is 1.31 bits per heavy atom. The minimum Gasteiger partial charge on any atom is -0.197 e. The van der Waals surface area contributed by atoms with Gasteiger partial charge in [0.15, 0.2) is 0 Å². The van der Waals surface area contributed by atoms with Gasteiger partial charge >= 0.3 is 0 Å². The Labute approximate surface area is 80.2 Å². The summed E-state index contributed by atoms with van der Waals surface area (Å²) in [5, 5.41) is 18.1. The van der Waals surface area contributed by atoms with Crippen LogP contribution in [-0.2, 0) is 0 Å². The van der Waals surface area contributed by atoms with Crippen molar-refractivity contribution in [3.05, 3.63) is 0 Å². The predicted molar refractivity (Wildman–Crippen MR) is 50.5 cm³/mol. The summed E-state index contributed by atoms with van der Waals surface area (Å²) in [6.07, 6.45) is 6.19. The fraction of sp³-hybridized carbons (Fsp3) is 0.818. The summed E-state index contributed by atoms with van der Waals surface area (Å²) in [6.45, 7) is 2.12. The van der Waals surface area contributed by atoms with Gasteiger partial charge in [-0.3, -0.25) is 0 Å². The molecule has 70 valence electrons. The van der Waals surface area contributed by atoms with Crippen LogP contribution in [0.25, 0.3) is 0 Å². The van der Waals surface area contributed by atoms with E-state index in [1.807, 2.05) is 0 Å². The van der Waals surface area contributed by atoms with Gasteiger partial charge in [0.1, 0.15) is 5.41 Å². The lowest BCUT2D eigenvalue weighted by Crippen LogP contribution is -2.30. The van der Waals surface area contributed by atoms with Crippen LogP contribution in [0.4, 0.5) is 0 Å². The lowest BCUT2D eigenvalue weighted by atomic mass is 9.66. The van der Waals surface area contributed by atoms with Gasteiger partial charge in [0, 0.05) is 0 Å². The molecule has 0 spiro atoms. The Kier molecular flexibility index (Phi) is 3.32. The van der Waals surface area contributed by atoms with Gasteiger partial charge in [-0.2, -0.15) is 10.5 Å². The number of nitriles is 2. The first-order chi connectivity index (χ1) is 6.29. The minimum atomic E-state index is -0.658. The van der Waals surface area contributed by atoms with Crippen LogP contribution < -0.4 is 0 Å². The van der Waals surface area contributed by atoms with Crippen molar-refractivity contribution in [1.29, 1.82) is 10.5 Å². The quantitative estimate of drug-likeness (QED) is 0.649. The Balaban J connectivity index is 2.78. The first-order valence-electron chi connectivity index (χ1n) is 5.11. The molecule has 1 fully saturated rings. The zero-order chi connectivity index (χ0) is 9.73. The molecule has 1 aliphatic carbocycles. The molecule has 13 heavy (non-hydrogen) atoms. The highest BCUT2D eigenvalue weighted by Crippen LogP contribution is 2.42. The van der Waals surface area contributed by atoms with E-state index in [1.54, 1.807) is 0 Å². The van der Waals surface area contributed by atoms with Gasteiger partial charge in [0.2, 0.25) is 0 Å². The summed E-state index contributed by atoms with van der Waals surface area (Å²) in [6, 6.07) is 4.48. The first kappa shape index (κ1) is 10.1. The smallest absolute Gasteiger partial charge is 0.146 e. The SMILES string of the molecule is CCCC1CCCCC1(C#N)C#N. The van der Waals surface area contributed by atoms with Gasteiger partial charge in [0.05, 0.1) is 12.1 Å². The van der Waals surface area contributed by atoms with Crippen LogP contribution in [0.5, 0.6) is 0 Å². The second-order valence-corrected chi connectivity index (χ2v) is 3.93. The molecule has 1 unspecified atom stereocenters. The Morgan fingerprint density at radius 3 is 2.54 bits per heavy atom. The van der Waals surface area contributed by atoms with Crippen molar-refractivity contribution in [2.24, 2.45) is 11.3 Å². The summed E-state index contributed by atoms with van der Waals surface area (Å²) in [5.41, 5.74) is -0.658. The van der Waals surface area contributed by atoms with E-state index in [9.17, 15) is 0 Å². The predicted octanol–water partition coefficient (Wildman–Crippen LogP) is 3.01. The molecular formula is C11H16N2. The fourth-order valence-electron chi connectivity index (χ4n) is 2.30. The first-order valence-corrected chi connectivity index (χ1v) is 5.11. The van der Waals surface area contributed by atoms with Crippen molar-refractivity contribution in [2.45, 2.75) is 45.4 Å². The van der Waals surface area contributed by atoms with Crippen LogP contribution in [0.3, 0.4) is 0 Å². The van der Waals surface area contributed by atoms with Gasteiger partial charge in [-0.1, -0.05) is 26.2 Å². The summed E-state index contributed by atoms with van der Waals surface area (Å²) >= 11 is 0. The molecule has 0 aromatic carbocycles. The number of rotatable bonds is 2. The van der Waals surface area contributed by atoms with E-state index >= 15 is 0 Å². The van der Waals surface area contributed by atoms with Crippen LogP contribution in [-0.4, -0.2) is 0 Å². The van der Waals surface area contributed by atoms with Gasteiger partial charge in [-0.05, 0) is 25.2 Å². The van der Waals surface area contributed by atoms with E-state index in [0.717, 1.165) is 32.1 Å². The van der Waals surface area contributed by atoms with E-state index in [0.29, 0.717) is 5.92 Å². The van der Waals surface area contributed by atoms with Crippen LogP contribution in [0.2, 0.25) is 0 Å². The summed E-state index contributed by atoms with van der Waals surface area (Å²) in [4.78, 5) is 0. The van der Waals surface area contributed by atoms with Gasteiger partial charge in [-0.25, -0.2) is 0 Å². The second kappa shape index (κ2) is 4.28. The molecule has 2 nitrogen and oxygen atoms in total. The van der Waals surface area contributed by atoms with Crippen molar-refractivity contribution in [1.82, 2.24) is 0 Å². The molecule has 0 heterocycles. The highest BCUT2D eigenvalue weighted by molar-refractivity contribution is 5.17. The van der Waals surface area contributed by atoms with Crippen LogP contribution in [0, 0.1) is 34.0 Å². The normalized spacial score (nSPS) is 25.9. The third kappa shape index (κ3) is 1.83. The summed E-state index contributed by atoms with van der Waals surface area (Å²) in [5.74, 6) is 0.321. The highest BCUT2D eigenvalue weighted by Gasteiger charge is 2.40. The van der Waals surface area contributed by atoms with Gasteiger partial charge in [-0.15, -0.1) is 0 Å². The highest BCUT2D eigenvalue weighted by atomic mass is 14.5. The molecule has 0 aromatic heterocycles. The van der Waals surface area contributed by atoms with Gasteiger partial charge < -0.3 is 0 Å². The maximum atomic E-state index is 9.07. The average molecular weight is 176 g/mol. The maximum absolute atomic E-state index is 9.07. The molecule has 1 rings (SSSR count). The van der Waals surface area contributed by atoms with E-state index < -0.39 is 5.41 Å². The largest absolute Gasteiger partial charge is 0.197 e. The van der Waals surface area contributed by atoms with Crippen LogP contribution >= 0.6 is 0 Å². The third-order valence-corrected chi connectivity index (χ3v) is 3.11. The monoisotopic (exact) mass is 176 g/mol. The van der Waals surface area contributed by atoms with Crippen molar-refractivity contribution in [3.8, 4) is 12.1 Å². The zero-order valence-corrected chi connectivity index (χ0v) is 8.21. The van der Waals surface area contributed by atoms with Crippen LogP contribution in [0.1, 0.15) is 45.4 Å². The molecule has 2 heteroatoms. The molecular weight excluding hydrogens is 160 g/mol. The molecule has 1 atom stereocenters. The lowest BCUT2D eigenvalue weighted by Gasteiger charge is -2.33. The van der Waals surface area contributed by atoms with E-state index in [4.69, 9.17) is 10.5 Å². The lowest BCUT2D eigenvalue weighted by molar-refractivity contribution is 0.207. The molecule has 0 radical (unpaired) electrons. The van der Waals surface area contributed by atoms with Crippen molar-refractivity contribution >= 4 is 0 Å². The Hall–Kier alpha value is -1.02. The van der Waals surface area contributed by atoms with E-state index in [-0.39, 0.29) is 0 Å². The van der Waals surface area contributed by atoms with Crippen molar-refractivity contribution in [2.75, 3.05) is 0 Å². The molecule has 1 aliphatic rings. The number of hydrogen-bond donors (Lipinski definition) is 0. The summed E-state index contributed by atoms with van der Waals surface area (Å²) in [7, 11) is 0. The molecule has 1 saturated carbocycles. The molecule has 0 aliphatic heterocycles. The van der Waals surface area contributed by atoms with E-state index in [2.05, 4.69) is 19.1 Å².